The highest BCUT2D eigenvalue weighted by molar-refractivity contribution is 4.97. The molecular weight excluding hydrogens is 186 g/mol. The van der Waals surface area contributed by atoms with Crippen LogP contribution < -0.4 is 5.32 Å². The van der Waals surface area contributed by atoms with Crippen LogP contribution in [0.15, 0.2) is 24.7 Å². The van der Waals surface area contributed by atoms with Gasteiger partial charge in [-0.3, -0.25) is 0 Å². The maximum atomic E-state index is 4.16. The molecule has 0 atom stereocenters. The lowest BCUT2D eigenvalue weighted by Crippen LogP contribution is -2.16. The summed E-state index contributed by atoms with van der Waals surface area (Å²) in [5.41, 5.74) is 1.28. The number of allylic oxidation sites excluding steroid dienone is 1. The zero-order valence-corrected chi connectivity index (χ0v) is 9.74. The third kappa shape index (κ3) is 4.30. The van der Waals surface area contributed by atoms with E-state index >= 15 is 0 Å². The Bertz CT molecular complexity index is 289. The number of nitrogens with zero attached hydrogens (tertiary/aromatic N) is 2. The van der Waals surface area contributed by atoms with Crippen LogP contribution in [0.5, 0.6) is 0 Å². The molecule has 1 heterocycles. The van der Waals surface area contributed by atoms with Gasteiger partial charge in [-0.15, -0.1) is 0 Å². The Kier molecular flexibility index (Phi) is 5.78. The highest BCUT2D eigenvalue weighted by atomic mass is 15.1. The molecule has 1 N–H and O–H groups in total. The average molecular weight is 207 g/mol. The molecule has 0 saturated carbocycles. The van der Waals surface area contributed by atoms with Gasteiger partial charge >= 0.3 is 0 Å². The minimum Gasteiger partial charge on any atom is -0.333 e. The molecule has 3 heteroatoms. The van der Waals surface area contributed by atoms with Crippen molar-refractivity contribution in [1.82, 2.24) is 14.9 Å². The van der Waals surface area contributed by atoms with Gasteiger partial charge in [0.15, 0.2) is 0 Å². The van der Waals surface area contributed by atoms with Gasteiger partial charge < -0.3 is 9.88 Å². The molecule has 0 unspecified atom stereocenters. The highest BCUT2D eigenvalue weighted by Crippen LogP contribution is 2.00. The molecule has 0 aliphatic heterocycles. The Labute approximate surface area is 92.2 Å². The molecular formula is C12H21N3. The van der Waals surface area contributed by atoms with Gasteiger partial charge in [0.2, 0.25) is 0 Å². The molecule has 1 aromatic heterocycles. The number of aryl methyl sites for hydroxylation is 1. The number of hydrogen-bond donors (Lipinski definition) is 1. The lowest BCUT2D eigenvalue weighted by atomic mass is 10.3. The molecule has 0 radical (unpaired) electrons. The lowest BCUT2D eigenvalue weighted by molar-refractivity contribution is 0.604. The molecule has 1 aromatic rings. The van der Waals surface area contributed by atoms with Crippen LogP contribution in [0, 0.1) is 0 Å². The van der Waals surface area contributed by atoms with Crippen molar-refractivity contribution >= 4 is 0 Å². The Morgan fingerprint density at radius 1 is 1.53 bits per heavy atom. The molecule has 1 rings (SSSR count). The zero-order chi connectivity index (χ0) is 10.9. The molecule has 0 aromatic carbocycles. The SMILES string of the molecule is C/C=C/CCNCc1cncn1CCC. The first-order chi connectivity index (χ1) is 7.38. The van der Waals surface area contributed by atoms with Crippen LogP contribution in [0.3, 0.4) is 0 Å². The number of hydrogen-bond acceptors (Lipinski definition) is 2. The van der Waals surface area contributed by atoms with Crippen molar-refractivity contribution in [3.63, 3.8) is 0 Å². The van der Waals surface area contributed by atoms with Crippen LogP contribution in [-0.2, 0) is 13.1 Å². The first-order valence-electron chi connectivity index (χ1n) is 5.69. The lowest BCUT2D eigenvalue weighted by Gasteiger charge is -2.07. The van der Waals surface area contributed by atoms with Crippen LogP contribution in [0.25, 0.3) is 0 Å². The van der Waals surface area contributed by atoms with Gasteiger partial charge in [0.05, 0.1) is 12.0 Å². The minimum atomic E-state index is 0.914. The molecule has 0 aliphatic carbocycles. The van der Waals surface area contributed by atoms with Crippen molar-refractivity contribution in [3.8, 4) is 0 Å². The third-order valence-corrected chi connectivity index (χ3v) is 2.29. The summed E-state index contributed by atoms with van der Waals surface area (Å²) in [7, 11) is 0. The Balaban J connectivity index is 2.27. The maximum Gasteiger partial charge on any atom is 0.0948 e. The molecule has 15 heavy (non-hydrogen) atoms. The third-order valence-electron chi connectivity index (χ3n) is 2.29. The van der Waals surface area contributed by atoms with Crippen LogP contribution in [0.1, 0.15) is 32.4 Å². The average Bonchev–Trinajstić information content (AvgIpc) is 2.66. The fourth-order valence-corrected chi connectivity index (χ4v) is 1.51. The molecule has 0 bridgehead atoms. The van der Waals surface area contributed by atoms with Gasteiger partial charge in [0.25, 0.3) is 0 Å². The second-order valence-corrected chi connectivity index (χ2v) is 3.61. The Morgan fingerprint density at radius 3 is 3.13 bits per heavy atom. The summed E-state index contributed by atoms with van der Waals surface area (Å²) in [5.74, 6) is 0. The van der Waals surface area contributed by atoms with Crippen LogP contribution in [-0.4, -0.2) is 16.1 Å². The molecule has 0 fully saturated rings. The van der Waals surface area contributed by atoms with Crippen molar-refractivity contribution in [1.29, 1.82) is 0 Å². The van der Waals surface area contributed by atoms with Crippen molar-refractivity contribution in [2.24, 2.45) is 0 Å². The Hall–Kier alpha value is -1.09. The van der Waals surface area contributed by atoms with E-state index in [-0.39, 0.29) is 0 Å². The van der Waals surface area contributed by atoms with E-state index in [2.05, 4.69) is 40.9 Å². The van der Waals surface area contributed by atoms with Gasteiger partial charge in [-0.05, 0) is 26.3 Å². The number of rotatable bonds is 7. The first kappa shape index (κ1) is 12.0. The van der Waals surface area contributed by atoms with E-state index in [1.165, 1.54) is 5.69 Å². The Morgan fingerprint density at radius 2 is 2.40 bits per heavy atom. The summed E-state index contributed by atoms with van der Waals surface area (Å²) in [6, 6.07) is 0. The van der Waals surface area contributed by atoms with E-state index in [0.717, 1.165) is 32.5 Å². The van der Waals surface area contributed by atoms with Crippen molar-refractivity contribution < 1.29 is 0 Å². The van der Waals surface area contributed by atoms with Gasteiger partial charge in [-0.25, -0.2) is 4.98 Å². The molecule has 0 saturated heterocycles. The summed E-state index contributed by atoms with van der Waals surface area (Å²) in [5, 5.41) is 3.41. The van der Waals surface area contributed by atoms with E-state index in [0.29, 0.717) is 0 Å². The topological polar surface area (TPSA) is 29.9 Å². The van der Waals surface area contributed by atoms with E-state index < -0.39 is 0 Å². The summed E-state index contributed by atoms with van der Waals surface area (Å²) >= 11 is 0. The standard InChI is InChI=1S/C12H21N3/c1-3-5-6-7-13-9-12-10-14-11-15(12)8-4-2/h3,5,10-11,13H,4,6-9H2,1-2H3/b5-3+. The zero-order valence-electron chi connectivity index (χ0n) is 9.74. The monoisotopic (exact) mass is 207 g/mol. The maximum absolute atomic E-state index is 4.16. The van der Waals surface area contributed by atoms with Gasteiger partial charge in [0.1, 0.15) is 0 Å². The van der Waals surface area contributed by atoms with Gasteiger partial charge in [-0.1, -0.05) is 19.1 Å². The van der Waals surface area contributed by atoms with E-state index in [1.54, 1.807) is 0 Å². The summed E-state index contributed by atoms with van der Waals surface area (Å²) in [6.45, 7) is 7.24. The summed E-state index contributed by atoms with van der Waals surface area (Å²) in [4.78, 5) is 4.16. The molecule has 0 aliphatic rings. The second-order valence-electron chi connectivity index (χ2n) is 3.61. The number of imidazole rings is 1. The molecule has 0 spiro atoms. The predicted octanol–water partition coefficient (Wildman–Crippen LogP) is 2.35. The first-order valence-corrected chi connectivity index (χ1v) is 5.69. The molecule has 84 valence electrons. The van der Waals surface area contributed by atoms with E-state index in [9.17, 15) is 0 Å². The van der Waals surface area contributed by atoms with Crippen molar-refractivity contribution in [3.05, 3.63) is 30.4 Å². The fourth-order valence-electron chi connectivity index (χ4n) is 1.51. The van der Waals surface area contributed by atoms with Gasteiger partial charge in [-0.2, -0.15) is 0 Å². The highest BCUT2D eigenvalue weighted by Gasteiger charge is 1.99. The minimum absolute atomic E-state index is 0.914. The van der Waals surface area contributed by atoms with Gasteiger partial charge in [0, 0.05) is 19.3 Å². The van der Waals surface area contributed by atoms with Crippen LogP contribution in [0.2, 0.25) is 0 Å². The summed E-state index contributed by atoms with van der Waals surface area (Å²) < 4.78 is 2.21. The van der Waals surface area contributed by atoms with E-state index in [4.69, 9.17) is 0 Å². The van der Waals surface area contributed by atoms with Crippen molar-refractivity contribution in [2.45, 2.75) is 39.8 Å². The number of aromatic nitrogens is 2. The predicted molar refractivity (Wildman–Crippen MR) is 63.7 cm³/mol. The van der Waals surface area contributed by atoms with Crippen LogP contribution in [0.4, 0.5) is 0 Å². The van der Waals surface area contributed by atoms with E-state index in [1.807, 2.05) is 12.5 Å². The van der Waals surface area contributed by atoms with Crippen molar-refractivity contribution in [2.75, 3.05) is 6.54 Å². The smallest absolute Gasteiger partial charge is 0.0948 e. The number of nitrogens with one attached hydrogen (secondary N) is 1. The second kappa shape index (κ2) is 7.23. The van der Waals surface area contributed by atoms with Crippen LogP contribution >= 0.6 is 0 Å². The fraction of sp³-hybridized carbons (Fsp3) is 0.583. The normalized spacial score (nSPS) is 11.3. The summed E-state index contributed by atoms with van der Waals surface area (Å²) in [6.07, 6.45) is 10.4. The molecule has 0 amide bonds. The molecule has 3 nitrogen and oxygen atoms in total. The largest absolute Gasteiger partial charge is 0.333 e. The quantitative estimate of drug-likeness (QED) is 0.549.